The SMILES string of the molecule is CC(C)NCc1ccc(N(C)CCCN(C)C)cc1. The van der Waals surface area contributed by atoms with Gasteiger partial charge in [0, 0.05) is 31.9 Å². The predicted molar refractivity (Wildman–Crippen MR) is 84.9 cm³/mol. The van der Waals surface area contributed by atoms with Crippen LogP contribution in [0, 0.1) is 0 Å². The van der Waals surface area contributed by atoms with Crippen LogP contribution < -0.4 is 10.2 Å². The van der Waals surface area contributed by atoms with Gasteiger partial charge in [0.05, 0.1) is 0 Å². The maximum absolute atomic E-state index is 3.44. The van der Waals surface area contributed by atoms with E-state index in [0.29, 0.717) is 6.04 Å². The summed E-state index contributed by atoms with van der Waals surface area (Å²) in [6.45, 7) is 7.53. The molecule has 1 aromatic rings. The van der Waals surface area contributed by atoms with Crippen LogP contribution in [-0.4, -0.2) is 45.2 Å². The summed E-state index contributed by atoms with van der Waals surface area (Å²) in [5, 5.41) is 3.44. The maximum atomic E-state index is 3.44. The third kappa shape index (κ3) is 6.60. The second kappa shape index (κ2) is 8.18. The molecule has 0 fully saturated rings. The first kappa shape index (κ1) is 16.0. The maximum Gasteiger partial charge on any atom is 0.0363 e. The molecule has 0 saturated carbocycles. The van der Waals surface area contributed by atoms with Crippen molar-refractivity contribution in [2.45, 2.75) is 32.9 Å². The average molecular weight is 263 g/mol. The van der Waals surface area contributed by atoms with E-state index in [0.717, 1.165) is 19.6 Å². The standard InChI is InChI=1S/C16H29N3/c1-14(2)17-13-15-7-9-16(10-8-15)19(5)12-6-11-18(3)4/h7-10,14,17H,6,11-13H2,1-5H3. The zero-order valence-corrected chi connectivity index (χ0v) is 13.1. The molecule has 108 valence electrons. The van der Waals surface area contributed by atoms with Crippen molar-refractivity contribution in [1.82, 2.24) is 10.2 Å². The van der Waals surface area contributed by atoms with Gasteiger partial charge in [0.2, 0.25) is 0 Å². The van der Waals surface area contributed by atoms with Gasteiger partial charge in [-0.25, -0.2) is 0 Å². The Balaban J connectivity index is 2.41. The highest BCUT2D eigenvalue weighted by Gasteiger charge is 2.02. The van der Waals surface area contributed by atoms with Gasteiger partial charge in [-0.15, -0.1) is 0 Å². The van der Waals surface area contributed by atoms with Crippen molar-refractivity contribution in [3.63, 3.8) is 0 Å². The second-order valence-electron chi connectivity index (χ2n) is 5.78. The third-order valence-electron chi connectivity index (χ3n) is 3.19. The molecule has 3 nitrogen and oxygen atoms in total. The first-order valence-corrected chi connectivity index (χ1v) is 7.17. The van der Waals surface area contributed by atoms with E-state index < -0.39 is 0 Å². The summed E-state index contributed by atoms with van der Waals surface area (Å²) in [6.07, 6.45) is 1.19. The molecule has 0 aliphatic heterocycles. The lowest BCUT2D eigenvalue weighted by Gasteiger charge is -2.21. The molecule has 0 spiro atoms. The monoisotopic (exact) mass is 263 g/mol. The second-order valence-corrected chi connectivity index (χ2v) is 5.78. The van der Waals surface area contributed by atoms with Crippen molar-refractivity contribution in [3.8, 4) is 0 Å². The molecule has 1 N–H and O–H groups in total. The highest BCUT2D eigenvalue weighted by Crippen LogP contribution is 2.14. The van der Waals surface area contributed by atoms with Crippen LogP contribution in [0.1, 0.15) is 25.8 Å². The summed E-state index contributed by atoms with van der Waals surface area (Å²) in [6, 6.07) is 9.40. The summed E-state index contributed by atoms with van der Waals surface area (Å²) in [4.78, 5) is 4.55. The molecule has 0 radical (unpaired) electrons. The van der Waals surface area contributed by atoms with Crippen molar-refractivity contribution < 1.29 is 0 Å². The topological polar surface area (TPSA) is 18.5 Å². The van der Waals surface area contributed by atoms with Crippen LogP contribution in [-0.2, 0) is 6.54 Å². The Labute approximate surface area is 118 Å². The van der Waals surface area contributed by atoms with E-state index in [1.54, 1.807) is 0 Å². The molecule has 1 aromatic carbocycles. The van der Waals surface area contributed by atoms with E-state index in [2.05, 4.69) is 74.4 Å². The highest BCUT2D eigenvalue weighted by molar-refractivity contribution is 5.46. The molecular formula is C16H29N3. The van der Waals surface area contributed by atoms with Crippen LogP contribution in [0.4, 0.5) is 5.69 Å². The molecule has 0 amide bonds. The van der Waals surface area contributed by atoms with Gasteiger partial charge in [-0.3, -0.25) is 0 Å². The number of rotatable bonds is 8. The fourth-order valence-corrected chi connectivity index (χ4v) is 1.94. The molecule has 0 aliphatic rings. The van der Waals surface area contributed by atoms with Crippen LogP contribution in [0.15, 0.2) is 24.3 Å². The normalized spacial score (nSPS) is 11.3. The van der Waals surface area contributed by atoms with Crippen LogP contribution >= 0.6 is 0 Å². The Morgan fingerprint density at radius 1 is 1.00 bits per heavy atom. The molecule has 19 heavy (non-hydrogen) atoms. The molecule has 3 heteroatoms. The van der Waals surface area contributed by atoms with E-state index in [-0.39, 0.29) is 0 Å². The van der Waals surface area contributed by atoms with E-state index >= 15 is 0 Å². The lowest BCUT2D eigenvalue weighted by atomic mass is 10.2. The predicted octanol–water partition coefficient (Wildman–Crippen LogP) is 2.57. The minimum absolute atomic E-state index is 0.536. The third-order valence-corrected chi connectivity index (χ3v) is 3.19. The fourth-order valence-electron chi connectivity index (χ4n) is 1.94. The molecule has 0 aromatic heterocycles. The van der Waals surface area contributed by atoms with Gasteiger partial charge in [0.15, 0.2) is 0 Å². The van der Waals surface area contributed by atoms with E-state index in [4.69, 9.17) is 0 Å². The van der Waals surface area contributed by atoms with Gasteiger partial charge < -0.3 is 15.1 Å². The lowest BCUT2D eigenvalue weighted by molar-refractivity contribution is 0.401. The molecule has 0 bridgehead atoms. The summed E-state index contributed by atoms with van der Waals surface area (Å²) >= 11 is 0. The zero-order valence-electron chi connectivity index (χ0n) is 13.1. The number of hydrogen-bond donors (Lipinski definition) is 1. The molecule has 0 atom stereocenters. The largest absolute Gasteiger partial charge is 0.375 e. The number of nitrogens with one attached hydrogen (secondary N) is 1. The van der Waals surface area contributed by atoms with Crippen molar-refractivity contribution in [2.24, 2.45) is 0 Å². The minimum atomic E-state index is 0.536. The molecule has 0 unspecified atom stereocenters. The molecular weight excluding hydrogens is 234 g/mol. The first-order valence-electron chi connectivity index (χ1n) is 7.17. The van der Waals surface area contributed by atoms with Gasteiger partial charge >= 0.3 is 0 Å². The minimum Gasteiger partial charge on any atom is -0.375 e. The van der Waals surface area contributed by atoms with E-state index in [1.807, 2.05) is 0 Å². The van der Waals surface area contributed by atoms with Crippen molar-refractivity contribution in [1.29, 1.82) is 0 Å². The van der Waals surface area contributed by atoms with E-state index in [1.165, 1.54) is 17.7 Å². The summed E-state index contributed by atoms with van der Waals surface area (Å²) in [5.41, 5.74) is 2.64. The lowest BCUT2D eigenvalue weighted by Crippen LogP contribution is -2.23. The zero-order chi connectivity index (χ0) is 14.3. The molecule has 1 rings (SSSR count). The number of benzene rings is 1. The summed E-state index contributed by atoms with van der Waals surface area (Å²) < 4.78 is 0. The Morgan fingerprint density at radius 2 is 1.63 bits per heavy atom. The van der Waals surface area contributed by atoms with Gasteiger partial charge in [0.25, 0.3) is 0 Å². The number of hydrogen-bond acceptors (Lipinski definition) is 3. The molecule has 0 saturated heterocycles. The van der Waals surface area contributed by atoms with Gasteiger partial charge in [-0.2, -0.15) is 0 Å². The van der Waals surface area contributed by atoms with Crippen molar-refractivity contribution >= 4 is 5.69 Å². The quantitative estimate of drug-likeness (QED) is 0.777. The van der Waals surface area contributed by atoms with Crippen molar-refractivity contribution in [2.75, 3.05) is 39.1 Å². The summed E-state index contributed by atoms with van der Waals surface area (Å²) in [5.74, 6) is 0. The Bertz CT molecular complexity index is 344. The van der Waals surface area contributed by atoms with Crippen LogP contribution in [0.3, 0.4) is 0 Å². The van der Waals surface area contributed by atoms with Gasteiger partial charge in [-0.05, 0) is 44.8 Å². The van der Waals surface area contributed by atoms with Gasteiger partial charge in [0.1, 0.15) is 0 Å². The number of nitrogens with zero attached hydrogens (tertiary/aromatic N) is 2. The highest BCUT2D eigenvalue weighted by atomic mass is 15.1. The molecule has 0 aliphatic carbocycles. The average Bonchev–Trinajstić information content (AvgIpc) is 2.36. The number of anilines is 1. The Kier molecular flexibility index (Phi) is 6.89. The van der Waals surface area contributed by atoms with Crippen LogP contribution in [0.2, 0.25) is 0 Å². The summed E-state index contributed by atoms with van der Waals surface area (Å²) in [7, 11) is 6.41. The van der Waals surface area contributed by atoms with E-state index in [9.17, 15) is 0 Å². The Morgan fingerprint density at radius 3 is 2.16 bits per heavy atom. The Hall–Kier alpha value is -1.06. The van der Waals surface area contributed by atoms with Crippen molar-refractivity contribution in [3.05, 3.63) is 29.8 Å². The van der Waals surface area contributed by atoms with Crippen LogP contribution in [0.25, 0.3) is 0 Å². The smallest absolute Gasteiger partial charge is 0.0363 e. The first-order chi connectivity index (χ1) is 8.99. The van der Waals surface area contributed by atoms with Crippen LogP contribution in [0.5, 0.6) is 0 Å². The van der Waals surface area contributed by atoms with Gasteiger partial charge in [-0.1, -0.05) is 26.0 Å². The molecule has 0 heterocycles. The fraction of sp³-hybridized carbons (Fsp3) is 0.625.